The zero-order valence-electron chi connectivity index (χ0n) is 20.1. The number of fused-ring (bicyclic) bond motifs is 1. The van der Waals surface area contributed by atoms with Crippen LogP contribution in [0.4, 0.5) is 11.6 Å². The maximum atomic E-state index is 9.04. The first-order chi connectivity index (χ1) is 16.9. The Bertz CT molecular complexity index is 1550. The molecule has 1 N–H and O–H groups in total. The summed E-state index contributed by atoms with van der Waals surface area (Å²) in [6.07, 6.45) is 1.94. The van der Waals surface area contributed by atoms with Crippen molar-refractivity contribution in [2.45, 2.75) is 20.8 Å². The zero-order valence-corrected chi connectivity index (χ0v) is 20.1. The predicted molar refractivity (Wildman–Crippen MR) is 139 cm³/mol. The smallest absolute Gasteiger partial charge is 0.249 e. The van der Waals surface area contributed by atoms with Gasteiger partial charge in [0, 0.05) is 18.9 Å². The number of anilines is 2. The van der Waals surface area contributed by atoms with Gasteiger partial charge in [0.1, 0.15) is 11.3 Å². The Kier molecular flexibility index (Phi) is 5.68. The molecule has 2 heterocycles. The Balaban J connectivity index is 1.52. The third-order valence-electron chi connectivity index (χ3n) is 6.00. The van der Waals surface area contributed by atoms with Gasteiger partial charge in [0.15, 0.2) is 0 Å². The summed E-state index contributed by atoms with van der Waals surface area (Å²) < 4.78 is 8.42. The highest BCUT2D eigenvalue weighted by Crippen LogP contribution is 2.36. The quantitative estimate of drug-likeness (QED) is 0.307. The largest absolute Gasteiger partial charge is 0.436 e. The molecule has 0 aliphatic carbocycles. The number of ether oxygens (including phenoxy) is 1. The van der Waals surface area contributed by atoms with Crippen molar-refractivity contribution in [1.82, 2.24) is 14.5 Å². The lowest BCUT2D eigenvalue weighted by molar-refractivity contribution is 0.459. The van der Waals surface area contributed by atoms with Gasteiger partial charge in [0.2, 0.25) is 11.8 Å². The van der Waals surface area contributed by atoms with Gasteiger partial charge in [-0.05, 0) is 85.5 Å². The molecule has 0 amide bonds. The lowest BCUT2D eigenvalue weighted by Crippen LogP contribution is -2.02. The summed E-state index contributed by atoms with van der Waals surface area (Å²) in [6.45, 7) is 6.20. The lowest BCUT2D eigenvalue weighted by atomic mass is 9.99. The van der Waals surface area contributed by atoms with E-state index in [1.165, 1.54) is 11.1 Å². The van der Waals surface area contributed by atoms with E-state index in [2.05, 4.69) is 73.5 Å². The van der Waals surface area contributed by atoms with Gasteiger partial charge >= 0.3 is 0 Å². The Morgan fingerprint density at radius 2 is 1.54 bits per heavy atom. The van der Waals surface area contributed by atoms with E-state index in [0.29, 0.717) is 17.4 Å². The molecule has 0 aliphatic heterocycles. The van der Waals surface area contributed by atoms with E-state index in [-0.39, 0.29) is 0 Å². The van der Waals surface area contributed by atoms with Crippen LogP contribution in [0, 0.1) is 32.1 Å². The van der Waals surface area contributed by atoms with E-state index in [1.54, 1.807) is 12.1 Å². The molecule has 0 radical (unpaired) electrons. The molecular weight excluding hydrogens is 434 g/mol. The van der Waals surface area contributed by atoms with Crippen LogP contribution in [0.2, 0.25) is 0 Å². The summed E-state index contributed by atoms with van der Waals surface area (Å²) in [5, 5.41) is 12.3. The molecule has 0 aliphatic rings. The minimum Gasteiger partial charge on any atom is -0.436 e. The zero-order chi connectivity index (χ0) is 24.5. The molecule has 6 heteroatoms. The molecule has 5 aromatic rings. The number of hydrogen-bond acceptors (Lipinski definition) is 5. The highest BCUT2D eigenvalue weighted by molar-refractivity contribution is 5.83. The number of nitrogens with zero attached hydrogens (tertiary/aromatic N) is 4. The topological polar surface area (TPSA) is 75.8 Å². The second-order valence-electron chi connectivity index (χ2n) is 8.73. The standard InChI is InChI=1S/C29H25N5O/c1-18-5-9-22(10-6-18)23-15-19(2)27(20(3)16-23)35-28-26-25(13-14-34(26)4)32-29(33-28)31-24-11-7-21(17-30)8-12-24/h5-16H,1-4H3,(H,31,32,33). The fourth-order valence-electron chi connectivity index (χ4n) is 4.16. The Morgan fingerprint density at radius 3 is 2.20 bits per heavy atom. The number of nitrogens with one attached hydrogen (secondary N) is 1. The molecule has 3 aromatic carbocycles. The minimum atomic E-state index is 0.426. The maximum Gasteiger partial charge on any atom is 0.249 e. The molecular formula is C29H25N5O. The van der Waals surface area contributed by atoms with Gasteiger partial charge in [0.05, 0.1) is 17.1 Å². The predicted octanol–water partition coefficient (Wildman–Crippen LogP) is 6.97. The number of benzene rings is 3. The van der Waals surface area contributed by atoms with Crippen molar-refractivity contribution >= 4 is 22.7 Å². The van der Waals surface area contributed by atoms with Gasteiger partial charge < -0.3 is 14.6 Å². The van der Waals surface area contributed by atoms with Crippen molar-refractivity contribution < 1.29 is 4.74 Å². The number of aromatic nitrogens is 3. The Hall–Kier alpha value is -4.63. The molecule has 6 nitrogen and oxygen atoms in total. The van der Waals surface area contributed by atoms with Gasteiger partial charge in [-0.25, -0.2) is 4.98 Å². The lowest BCUT2D eigenvalue weighted by Gasteiger charge is -2.15. The molecule has 172 valence electrons. The monoisotopic (exact) mass is 459 g/mol. The summed E-state index contributed by atoms with van der Waals surface area (Å²) in [5.74, 6) is 1.69. The molecule has 35 heavy (non-hydrogen) atoms. The number of hydrogen-bond donors (Lipinski definition) is 1. The highest BCUT2D eigenvalue weighted by atomic mass is 16.5. The van der Waals surface area contributed by atoms with Gasteiger partial charge in [0.25, 0.3) is 0 Å². The Labute approximate surface area is 204 Å². The van der Waals surface area contributed by atoms with Crippen LogP contribution in [0.1, 0.15) is 22.3 Å². The van der Waals surface area contributed by atoms with Gasteiger partial charge in [-0.2, -0.15) is 10.2 Å². The van der Waals surface area contributed by atoms with Crippen molar-refractivity contribution in [2.75, 3.05) is 5.32 Å². The maximum absolute atomic E-state index is 9.04. The van der Waals surface area contributed by atoms with Crippen LogP contribution in [0.15, 0.2) is 72.9 Å². The molecule has 0 bridgehead atoms. The highest BCUT2D eigenvalue weighted by Gasteiger charge is 2.16. The van der Waals surface area contributed by atoms with E-state index in [0.717, 1.165) is 39.2 Å². The normalized spacial score (nSPS) is 10.8. The third-order valence-corrected chi connectivity index (χ3v) is 6.00. The molecule has 0 unspecified atom stereocenters. The fraction of sp³-hybridized carbons (Fsp3) is 0.138. The van der Waals surface area contributed by atoms with Crippen molar-refractivity contribution in [1.29, 1.82) is 5.26 Å². The van der Waals surface area contributed by atoms with Crippen LogP contribution in [0.5, 0.6) is 11.6 Å². The van der Waals surface area contributed by atoms with E-state index in [9.17, 15) is 0 Å². The first-order valence-electron chi connectivity index (χ1n) is 11.4. The number of aryl methyl sites for hydroxylation is 4. The van der Waals surface area contributed by atoms with Gasteiger partial charge in [-0.3, -0.25) is 0 Å². The molecule has 2 aromatic heterocycles. The van der Waals surface area contributed by atoms with E-state index in [1.807, 2.05) is 36.0 Å². The molecule has 0 atom stereocenters. The van der Waals surface area contributed by atoms with Crippen molar-refractivity contribution in [3.8, 4) is 28.8 Å². The summed E-state index contributed by atoms with van der Waals surface area (Å²) in [6, 6.07) is 24.1. The molecule has 5 rings (SSSR count). The van der Waals surface area contributed by atoms with Crippen LogP contribution < -0.4 is 10.1 Å². The van der Waals surface area contributed by atoms with Crippen LogP contribution >= 0.6 is 0 Å². The van der Waals surface area contributed by atoms with Crippen molar-refractivity contribution in [3.05, 3.63) is 95.2 Å². The summed E-state index contributed by atoms with van der Waals surface area (Å²) in [5.41, 5.74) is 8.61. The Morgan fingerprint density at radius 1 is 0.857 bits per heavy atom. The third kappa shape index (κ3) is 4.44. The molecule has 0 fully saturated rings. The number of nitriles is 1. The summed E-state index contributed by atoms with van der Waals surface area (Å²) >= 11 is 0. The summed E-state index contributed by atoms with van der Waals surface area (Å²) in [4.78, 5) is 9.36. The van der Waals surface area contributed by atoms with Crippen molar-refractivity contribution in [2.24, 2.45) is 7.05 Å². The second-order valence-corrected chi connectivity index (χ2v) is 8.73. The minimum absolute atomic E-state index is 0.426. The van der Waals surface area contributed by atoms with Gasteiger partial charge in [-0.1, -0.05) is 29.8 Å². The average Bonchev–Trinajstić information content (AvgIpc) is 3.23. The van der Waals surface area contributed by atoms with E-state index < -0.39 is 0 Å². The SMILES string of the molecule is Cc1ccc(-c2cc(C)c(Oc3nc(Nc4ccc(C#N)cc4)nc4ccn(C)c34)c(C)c2)cc1. The van der Waals surface area contributed by atoms with Crippen LogP contribution in [-0.2, 0) is 7.05 Å². The molecule has 0 spiro atoms. The summed E-state index contributed by atoms with van der Waals surface area (Å²) in [7, 11) is 1.95. The van der Waals surface area contributed by atoms with E-state index >= 15 is 0 Å². The van der Waals surface area contributed by atoms with Crippen LogP contribution in [0.25, 0.3) is 22.2 Å². The van der Waals surface area contributed by atoms with Gasteiger partial charge in [-0.15, -0.1) is 0 Å². The molecule has 0 saturated carbocycles. The first-order valence-corrected chi connectivity index (χ1v) is 11.4. The van der Waals surface area contributed by atoms with Crippen LogP contribution in [0.3, 0.4) is 0 Å². The van der Waals surface area contributed by atoms with E-state index in [4.69, 9.17) is 15.0 Å². The first kappa shape index (κ1) is 22.2. The average molecular weight is 460 g/mol. The fourth-order valence-corrected chi connectivity index (χ4v) is 4.16. The second kappa shape index (κ2) is 8.96. The van der Waals surface area contributed by atoms with Crippen LogP contribution in [-0.4, -0.2) is 14.5 Å². The molecule has 0 saturated heterocycles. The number of rotatable bonds is 5. The van der Waals surface area contributed by atoms with Crippen molar-refractivity contribution in [3.63, 3.8) is 0 Å².